The zero-order valence-electron chi connectivity index (χ0n) is 7.38. The summed E-state index contributed by atoms with van der Waals surface area (Å²) in [5.41, 5.74) is 1.53. The van der Waals surface area contributed by atoms with Crippen LogP contribution in [0.1, 0.15) is 29.3 Å². The van der Waals surface area contributed by atoms with E-state index in [0.29, 0.717) is 17.9 Å². The molecule has 0 saturated carbocycles. The van der Waals surface area contributed by atoms with Crippen molar-refractivity contribution in [1.29, 1.82) is 0 Å². The Kier molecular flexibility index (Phi) is 3.82. The van der Waals surface area contributed by atoms with Crippen molar-refractivity contribution in [2.24, 2.45) is 0 Å². The van der Waals surface area contributed by atoms with Crippen LogP contribution >= 0.6 is 24.2 Å². The Labute approximate surface area is 88.5 Å². The maximum Gasteiger partial charge on any atom is 0.162 e. The number of thiol groups is 1. The van der Waals surface area contributed by atoms with Crippen LogP contribution in [0.25, 0.3) is 0 Å². The summed E-state index contributed by atoms with van der Waals surface area (Å²) in [7, 11) is 0. The fourth-order valence-electron chi connectivity index (χ4n) is 1.17. The largest absolute Gasteiger partial charge is 0.294 e. The Morgan fingerprint density at radius 3 is 2.77 bits per heavy atom. The molecule has 3 heteroatoms. The third kappa shape index (κ3) is 2.26. The van der Waals surface area contributed by atoms with Gasteiger partial charge in [-0.25, -0.2) is 0 Å². The molecule has 0 aliphatic carbocycles. The minimum Gasteiger partial charge on any atom is -0.294 e. The third-order valence-corrected chi connectivity index (χ3v) is 2.59. The van der Waals surface area contributed by atoms with Crippen molar-refractivity contribution in [1.82, 2.24) is 0 Å². The molecule has 0 spiro atoms. The average molecular weight is 215 g/mol. The first-order valence-corrected chi connectivity index (χ1v) is 5.08. The first-order valence-electron chi connectivity index (χ1n) is 4.10. The van der Waals surface area contributed by atoms with E-state index in [4.69, 9.17) is 11.6 Å². The zero-order valence-corrected chi connectivity index (χ0v) is 9.03. The number of carbonyl (C=O) groups excluding carboxylic acids is 1. The van der Waals surface area contributed by atoms with Crippen molar-refractivity contribution in [2.75, 3.05) is 0 Å². The SMILES string of the molecule is CCC(=O)c1cccc(S)c1CCl. The van der Waals surface area contributed by atoms with Crippen LogP contribution in [0.4, 0.5) is 0 Å². The highest BCUT2D eigenvalue weighted by molar-refractivity contribution is 7.80. The van der Waals surface area contributed by atoms with E-state index in [1.54, 1.807) is 6.07 Å². The molecule has 0 N–H and O–H groups in total. The normalized spacial score (nSPS) is 10.1. The third-order valence-electron chi connectivity index (χ3n) is 1.91. The molecular weight excluding hydrogens is 204 g/mol. The summed E-state index contributed by atoms with van der Waals surface area (Å²) in [6.45, 7) is 1.84. The van der Waals surface area contributed by atoms with Gasteiger partial charge in [-0.05, 0) is 11.6 Å². The van der Waals surface area contributed by atoms with Gasteiger partial charge in [0.25, 0.3) is 0 Å². The van der Waals surface area contributed by atoms with Crippen molar-refractivity contribution in [3.05, 3.63) is 29.3 Å². The van der Waals surface area contributed by atoms with Gasteiger partial charge in [-0.1, -0.05) is 19.1 Å². The quantitative estimate of drug-likeness (QED) is 0.464. The van der Waals surface area contributed by atoms with Crippen molar-refractivity contribution in [3.63, 3.8) is 0 Å². The summed E-state index contributed by atoms with van der Waals surface area (Å²) >= 11 is 9.98. The molecule has 1 nitrogen and oxygen atoms in total. The summed E-state index contributed by atoms with van der Waals surface area (Å²) in [4.78, 5) is 12.2. The lowest BCUT2D eigenvalue weighted by Gasteiger charge is -2.06. The molecule has 0 unspecified atom stereocenters. The number of alkyl halides is 1. The van der Waals surface area contributed by atoms with Gasteiger partial charge in [-0.3, -0.25) is 4.79 Å². The minimum atomic E-state index is 0.117. The molecule has 0 saturated heterocycles. The number of hydrogen-bond acceptors (Lipinski definition) is 2. The van der Waals surface area contributed by atoms with E-state index in [-0.39, 0.29) is 5.78 Å². The molecule has 0 fully saturated rings. The predicted octanol–water partition coefficient (Wildman–Crippen LogP) is 3.31. The van der Waals surface area contributed by atoms with E-state index < -0.39 is 0 Å². The number of hydrogen-bond donors (Lipinski definition) is 1. The zero-order chi connectivity index (χ0) is 9.84. The van der Waals surface area contributed by atoms with Gasteiger partial charge in [-0.15, -0.1) is 24.2 Å². The maximum atomic E-state index is 11.5. The molecule has 0 aliphatic rings. The van der Waals surface area contributed by atoms with E-state index >= 15 is 0 Å². The summed E-state index contributed by atoms with van der Waals surface area (Å²) in [5, 5.41) is 0. The van der Waals surface area contributed by atoms with Gasteiger partial charge in [0.1, 0.15) is 0 Å². The van der Waals surface area contributed by atoms with Crippen LogP contribution in [-0.4, -0.2) is 5.78 Å². The first kappa shape index (κ1) is 10.6. The second-order valence-electron chi connectivity index (χ2n) is 2.71. The topological polar surface area (TPSA) is 17.1 Å². The number of halogens is 1. The summed E-state index contributed by atoms with van der Waals surface area (Å²) in [5.74, 6) is 0.451. The maximum absolute atomic E-state index is 11.5. The molecule has 0 atom stereocenters. The van der Waals surface area contributed by atoms with Crippen molar-refractivity contribution in [3.8, 4) is 0 Å². The summed E-state index contributed by atoms with van der Waals surface area (Å²) < 4.78 is 0. The van der Waals surface area contributed by atoms with Crippen LogP contribution < -0.4 is 0 Å². The first-order chi connectivity index (χ1) is 6.20. The van der Waals surface area contributed by atoms with Gasteiger partial charge < -0.3 is 0 Å². The average Bonchev–Trinajstić information content (AvgIpc) is 2.16. The van der Waals surface area contributed by atoms with E-state index in [1.165, 1.54) is 0 Å². The fraction of sp³-hybridized carbons (Fsp3) is 0.300. The van der Waals surface area contributed by atoms with Crippen molar-refractivity contribution in [2.45, 2.75) is 24.1 Å². The lowest BCUT2D eigenvalue weighted by molar-refractivity contribution is 0.0987. The lowest BCUT2D eigenvalue weighted by atomic mass is 10.0. The highest BCUT2D eigenvalue weighted by atomic mass is 35.5. The van der Waals surface area contributed by atoms with Gasteiger partial charge in [-0.2, -0.15) is 0 Å². The van der Waals surface area contributed by atoms with E-state index in [0.717, 1.165) is 10.5 Å². The number of carbonyl (C=O) groups is 1. The summed E-state index contributed by atoms with van der Waals surface area (Å²) in [6.07, 6.45) is 0.501. The molecule has 0 aromatic heterocycles. The van der Waals surface area contributed by atoms with Crippen LogP contribution in [0.15, 0.2) is 23.1 Å². The van der Waals surface area contributed by atoms with Gasteiger partial charge in [0, 0.05) is 22.8 Å². The number of Topliss-reactive ketones (excluding diaryl/α,β-unsaturated/α-hetero) is 1. The minimum absolute atomic E-state index is 0.117. The molecule has 0 heterocycles. The molecule has 13 heavy (non-hydrogen) atoms. The molecule has 0 radical (unpaired) electrons. The van der Waals surface area contributed by atoms with Crippen LogP contribution in [0.3, 0.4) is 0 Å². The smallest absolute Gasteiger partial charge is 0.162 e. The van der Waals surface area contributed by atoms with Crippen LogP contribution in [-0.2, 0) is 5.88 Å². The van der Waals surface area contributed by atoms with Crippen LogP contribution in [0.2, 0.25) is 0 Å². The van der Waals surface area contributed by atoms with Gasteiger partial charge >= 0.3 is 0 Å². The number of rotatable bonds is 3. The van der Waals surface area contributed by atoms with Crippen molar-refractivity contribution >= 4 is 30.0 Å². The van der Waals surface area contributed by atoms with Gasteiger partial charge in [0.05, 0.1) is 0 Å². The van der Waals surface area contributed by atoms with Crippen LogP contribution in [0.5, 0.6) is 0 Å². The second kappa shape index (κ2) is 4.68. The number of benzene rings is 1. The molecule has 0 bridgehead atoms. The Balaban J connectivity index is 3.20. The molecule has 70 valence electrons. The van der Waals surface area contributed by atoms with E-state index in [9.17, 15) is 4.79 Å². The van der Waals surface area contributed by atoms with Gasteiger partial charge in [0.2, 0.25) is 0 Å². The number of ketones is 1. The standard InChI is InChI=1S/C10H11ClOS/c1-2-9(12)7-4-3-5-10(13)8(7)6-11/h3-5,13H,2,6H2,1H3. The van der Waals surface area contributed by atoms with E-state index in [2.05, 4.69) is 12.6 Å². The second-order valence-corrected chi connectivity index (χ2v) is 3.46. The molecule has 1 aromatic carbocycles. The van der Waals surface area contributed by atoms with Gasteiger partial charge in [0.15, 0.2) is 5.78 Å². The predicted molar refractivity (Wildman–Crippen MR) is 57.9 cm³/mol. The lowest BCUT2D eigenvalue weighted by Crippen LogP contribution is -2.01. The molecule has 1 rings (SSSR count). The Morgan fingerprint density at radius 2 is 2.23 bits per heavy atom. The Hall–Kier alpha value is -0.470. The Bertz CT molecular complexity index is 323. The molecule has 1 aromatic rings. The monoisotopic (exact) mass is 214 g/mol. The van der Waals surface area contributed by atoms with Crippen LogP contribution in [0, 0.1) is 0 Å². The fourth-order valence-corrected chi connectivity index (χ4v) is 1.83. The highest BCUT2D eigenvalue weighted by Gasteiger charge is 2.10. The summed E-state index contributed by atoms with van der Waals surface area (Å²) in [6, 6.07) is 5.46. The highest BCUT2D eigenvalue weighted by Crippen LogP contribution is 2.21. The molecule has 0 amide bonds. The molecular formula is C10H11ClOS. The Morgan fingerprint density at radius 1 is 1.54 bits per heavy atom. The van der Waals surface area contributed by atoms with E-state index in [1.807, 2.05) is 19.1 Å². The van der Waals surface area contributed by atoms with Crippen molar-refractivity contribution < 1.29 is 4.79 Å². The molecule has 0 aliphatic heterocycles.